The summed E-state index contributed by atoms with van der Waals surface area (Å²) < 4.78 is 4.32. The van der Waals surface area contributed by atoms with E-state index in [1.807, 2.05) is 25.2 Å². The molecule has 0 saturated heterocycles. The second-order valence-corrected chi connectivity index (χ2v) is 5.42. The van der Waals surface area contributed by atoms with Crippen LogP contribution in [-0.4, -0.2) is 42.0 Å². The van der Waals surface area contributed by atoms with Crippen LogP contribution in [0.15, 0.2) is 12.3 Å². The summed E-state index contributed by atoms with van der Waals surface area (Å²) in [7, 11) is 5.97. The van der Waals surface area contributed by atoms with Gasteiger partial charge in [-0.15, -0.1) is 0 Å². The van der Waals surface area contributed by atoms with Gasteiger partial charge in [0.25, 0.3) is 0 Å². The van der Waals surface area contributed by atoms with E-state index in [1.165, 1.54) is 17.1 Å². The van der Waals surface area contributed by atoms with Gasteiger partial charge in [0.15, 0.2) is 0 Å². The Bertz CT molecular complexity index is 578. The lowest BCUT2D eigenvalue weighted by Crippen LogP contribution is -2.13. The zero-order valence-electron chi connectivity index (χ0n) is 10.7. The summed E-state index contributed by atoms with van der Waals surface area (Å²) in [6.45, 7) is 1.05. The highest BCUT2D eigenvalue weighted by Crippen LogP contribution is 2.30. The van der Waals surface area contributed by atoms with E-state index in [2.05, 4.69) is 32.4 Å². The predicted octanol–water partition coefficient (Wildman–Crippen LogP) is 1.66. The summed E-state index contributed by atoms with van der Waals surface area (Å²) in [4.78, 5) is 13.1. The fourth-order valence-corrected chi connectivity index (χ4v) is 2.77. The summed E-state index contributed by atoms with van der Waals surface area (Å²) in [5.41, 5.74) is 2.37. The molecule has 0 bridgehead atoms. The Kier molecular flexibility index (Phi) is 2.66. The van der Waals surface area contributed by atoms with E-state index >= 15 is 0 Å². The largest absolute Gasteiger partial charge is 0.359 e. The second kappa shape index (κ2) is 4.20. The van der Waals surface area contributed by atoms with Crippen molar-refractivity contribution >= 4 is 23.3 Å². The maximum atomic E-state index is 4.52. The zero-order chi connectivity index (χ0) is 12.7. The zero-order valence-corrected chi connectivity index (χ0v) is 11.5. The summed E-state index contributed by atoms with van der Waals surface area (Å²) in [5, 5.41) is 0.934. The molecule has 0 N–H and O–H groups in total. The number of hydrogen-bond donors (Lipinski definition) is 0. The third-order valence-corrected chi connectivity index (χ3v) is 3.84. The highest BCUT2D eigenvalue weighted by molar-refractivity contribution is 7.09. The van der Waals surface area contributed by atoms with Crippen LogP contribution in [0.25, 0.3) is 10.6 Å². The average Bonchev–Trinajstić information content (AvgIpc) is 2.96. The molecule has 5 nitrogen and oxygen atoms in total. The van der Waals surface area contributed by atoms with Crippen LogP contribution in [0.3, 0.4) is 0 Å². The van der Waals surface area contributed by atoms with Crippen LogP contribution < -0.4 is 9.80 Å². The van der Waals surface area contributed by atoms with E-state index in [9.17, 15) is 0 Å². The molecular weight excluding hydrogens is 246 g/mol. The molecule has 3 heterocycles. The van der Waals surface area contributed by atoms with Crippen LogP contribution >= 0.6 is 11.5 Å². The van der Waals surface area contributed by atoms with Crippen LogP contribution in [0.5, 0.6) is 0 Å². The molecule has 0 unspecified atom stereocenters. The first kappa shape index (κ1) is 11.4. The quantitative estimate of drug-likeness (QED) is 0.822. The van der Waals surface area contributed by atoms with Gasteiger partial charge >= 0.3 is 0 Å². The Hall–Kier alpha value is -1.69. The first-order chi connectivity index (χ1) is 8.65. The molecule has 0 amide bonds. The minimum atomic E-state index is 0.757. The molecule has 0 fully saturated rings. The van der Waals surface area contributed by atoms with Crippen molar-refractivity contribution in [1.29, 1.82) is 0 Å². The average molecular weight is 261 g/mol. The third kappa shape index (κ3) is 1.82. The third-order valence-electron chi connectivity index (χ3n) is 3.08. The topological polar surface area (TPSA) is 45.2 Å². The number of anilines is 2. The molecule has 6 heteroatoms. The van der Waals surface area contributed by atoms with E-state index in [0.29, 0.717) is 0 Å². The van der Waals surface area contributed by atoms with Crippen molar-refractivity contribution in [2.24, 2.45) is 0 Å². The Morgan fingerprint density at radius 2 is 2.22 bits per heavy atom. The first-order valence-corrected chi connectivity index (χ1v) is 6.64. The number of fused-ring (bicyclic) bond motifs is 1. The van der Waals surface area contributed by atoms with Gasteiger partial charge in [-0.25, -0.2) is 4.98 Å². The van der Waals surface area contributed by atoms with Gasteiger partial charge < -0.3 is 9.80 Å². The van der Waals surface area contributed by atoms with Crippen molar-refractivity contribution in [3.63, 3.8) is 0 Å². The van der Waals surface area contributed by atoms with Gasteiger partial charge in [0.1, 0.15) is 10.8 Å². The highest BCUT2D eigenvalue weighted by atomic mass is 32.1. The van der Waals surface area contributed by atoms with E-state index in [0.717, 1.165) is 35.3 Å². The Morgan fingerprint density at radius 3 is 2.94 bits per heavy atom. The summed E-state index contributed by atoms with van der Waals surface area (Å²) >= 11 is 1.42. The molecule has 0 aliphatic carbocycles. The highest BCUT2D eigenvalue weighted by Gasteiger charge is 2.18. The molecule has 0 atom stereocenters. The Morgan fingerprint density at radius 1 is 1.39 bits per heavy atom. The summed E-state index contributed by atoms with van der Waals surface area (Å²) in [6, 6.07) is 2.19. The van der Waals surface area contributed by atoms with Crippen molar-refractivity contribution in [3.05, 3.63) is 17.8 Å². The Labute approximate surface area is 110 Å². The molecule has 94 valence electrons. The lowest BCUT2D eigenvalue weighted by atomic mass is 10.2. The predicted molar refractivity (Wildman–Crippen MR) is 74.4 cm³/mol. The monoisotopic (exact) mass is 261 g/mol. The van der Waals surface area contributed by atoms with Gasteiger partial charge in [-0.2, -0.15) is 9.36 Å². The molecule has 2 aromatic heterocycles. The molecule has 2 aromatic rings. The standard InChI is InChI=1S/C12H15N5S/c1-16(2)12-14-11(18-15-12)9-6-8-4-5-17(3)10(8)13-7-9/h6-7H,4-5H2,1-3H3. The van der Waals surface area contributed by atoms with Gasteiger partial charge in [0.05, 0.1) is 0 Å². The molecule has 0 saturated carbocycles. The Balaban J connectivity index is 1.97. The maximum Gasteiger partial charge on any atom is 0.237 e. The lowest BCUT2D eigenvalue weighted by molar-refractivity contribution is 0.945. The van der Waals surface area contributed by atoms with E-state index in [-0.39, 0.29) is 0 Å². The fourth-order valence-electron chi connectivity index (χ4n) is 2.06. The van der Waals surface area contributed by atoms with Gasteiger partial charge in [-0.1, -0.05) is 0 Å². The van der Waals surface area contributed by atoms with Crippen LogP contribution in [0.1, 0.15) is 5.56 Å². The van der Waals surface area contributed by atoms with Gasteiger partial charge in [0.2, 0.25) is 5.95 Å². The van der Waals surface area contributed by atoms with Crippen LogP contribution in [0.4, 0.5) is 11.8 Å². The molecular formula is C12H15N5S. The van der Waals surface area contributed by atoms with Crippen LogP contribution in [0.2, 0.25) is 0 Å². The van der Waals surface area contributed by atoms with Gasteiger partial charge in [-0.05, 0) is 29.6 Å². The van der Waals surface area contributed by atoms with Crippen molar-refractivity contribution in [2.45, 2.75) is 6.42 Å². The minimum absolute atomic E-state index is 0.757. The van der Waals surface area contributed by atoms with Crippen molar-refractivity contribution in [2.75, 3.05) is 37.5 Å². The summed E-state index contributed by atoms with van der Waals surface area (Å²) in [5.74, 6) is 1.85. The fraction of sp³-hybridized carbons (Fsp3) is 0.417. The van der Waals surface area contributed by atoms with Crippen LogP contribution in [-0.2, 0) is 6.42 Å². The van der Waals surface area contributed by atoms with Crippen LogP contribution in [0, 0.1) is 0 Å². The molecule has 0 radical (unpaired) electrons. The van der Waals surface area contributed by atoms with Crippen molar-refractivity contribution in [3.8, 4) is 10.6 Å². The van der Waals surface area contributed by atoms with E-state index in [4.69, 9.17) is 0 Å². The number of hydrogen-bond acceptors (Lipinski definition) is 6. The molecule has 1 aliphatic heterocycles. The summed E-state index contributed by atoms with van der Waals surface area (Å²) in [6.07, 6.45) is 2.95. The number of rotatable bonds is 2. The number of likely N-dealkylation sites (N-methyl/N-ethyl adjacent to an activating group) is 1. The van der Waals surface area contributed by atoms with Gasteiger partial charge in [-0.3, -0.25) is 0 Å². The lowest BCUT2D eigenvalue weighted by Gasteiger charge is -2.10. The maximum absolute atomic E-state index is 4.52. The second-order valence-electron chi connectivity index (χ2n) is 4.67. The van der Waals surface area contributed by atoms with Gasteiger partial charge in [0, 0.05) is 39.4 Å². The van der Waals surface area contributed by atoms with Crippen molar-refractivity contribution in [1.82, 2.24) is 14.3 Å². The molecule has 0 spiro atoms. The molecule has 3 rings (SSSR count). The number of aromatic nitrogens is 3. The number of nitrogens with zero attached hydrogens (tertiary/aromatic N) is 5. The minimum Gasteiger partial charge on any atom is -0.359 e. The molecule has 1 aliphatic rings. The van der Waals surface area contributed by atoms with E-state index < -0.39 is 0 Å². The normalized spacial score (nSPS) is 13.8. The molecule has 18 heavy (non-hydrogen) atoms. The number of pyridine rings is 1. The first-order valence-electron chi connectivity index (χ1n) is 5.86. The van der Waals surface area contributed by atoms with E-state index in [1.54, 1.807) is 0 Å². The smallest absolute Gasteiger partial charge is 0.237 e. The van der Waals surface area contributed by atoms with Crippen molar-refractivity contribution < 1.29 is 0 Å². The SMILES string of the molecule is CN(C)c1nsc(-c2cnc3c(c2)CCN3C)n1. The molecule has 0 aromatic carbocycles.